The van der Waals surface area contributed by atoms with E-state index < -0.39 is 0 Å². The molecule has 0 aromatic carbocycles. The number of fused-ring (bicyclic) bond motifs is 1. The molecule has 0 N–H and O–H groups in total. The fourth-order valence-corrected chi connectivity index (χ4v) is 3.20. The van der Waals surface area contributed by atoms with Crippen LogP contribution in [0.5, 0.6) is 0 Å². The van der Waals surface area contributed by atoms with Crippen molar-refractivity contribution in [2.24, 2.45) is 4.99 Å². The summed E-state index contributed by atoms with van der Waals surface area (Å²) in [5.41, 5.74) is 2.25. The van der Waals surface area contributed by atoms with Crippen molar-refractivity contribution < 1.29 is 4.52 Å². The van der Waals surface area contributed by atoms with Crippen molar-refractivity contribution in [1.82, 2.24) is 19.9 Å². The molecule has 1 aromatic rings. The highest BCUT2D eigenvalue weighted by molar-refractivity contribution is 5.99. The number of hydrogen-bond acceptors (Lipinski definition) is 6. The minimum absolute atomic E-state index is 0.804. The second-order valence-electron chi connectivity index (χ2n) is 6.44. The Morgan fingerprint density at radius 3 is 2.87 bits per heavy atom. The van der Waals surface area contributed by atoms with Crippen LogP contribution in [0.1, 0.15) is 37.6 Å². The van der Waals surface area contributed by atoms with Crippen molar-refractivity contribution in [3.05, 3.63) is 29.4 Å². The number of aryl methyl sites for hydroxylation is 2. The summed E-state index contributed by atoms with van der Waals surface area (Å²) in [4.78, 5) is 11.7. The first-order chi connectivity index (χ1) is 11.2. The molecule has 23 heavy (non-hydrogen) atoms. The van der Waals surface area contributed by atoms with Gasteiger partial charge >= 0.3 is 0 Å². The molecule has 0 amide bonds. The van der Waals surface area contributed by atoms with Crippen LogP contribution < -0.4 is 0 Å². The van der Waals surface area contributed by atoms with Gasteiger partial charge in [-0.1, -0.05) is 12.1 Å². The maximum atomic E-state index is 5.26. The van der Waals surface area contributed by atoms with E-state index in [2.05, 4.69) is 45.0 Å². The van der Waals surface area contributed by atoms with Gasteiger partial charge in [0.15, 0.2) is 5.84 Å². The van der Waals surface area contributed by atoms with Gasteiger partial charge in [0.2, 0.25) is 0 Å². The van der Waals surface area contributed by atoms with Crippen LogP contribution >= 0.6 is 0 Å². The van der Waals surface area contributed by atoms with Gasteiger partial charge in [-0.15, -0.1) is 0 Å². The van der Waals surface area contributed by atoms with Crippen molar-refractivity contribution in [2.45, 2.75) is 39.5 Å². The molecule has 0 spiro atoms. The molecule has 2 aliphatic rings. The van der Waals surface area contributed by atoms with Crippen LogP contribution in [0, 0.1) is 6.92 Å². The smallest absolute Gasteiger partial charge is 0.152 e. The van der Waals surface area contributed by atoms with Crippen LogP contribution in [-0.2, 0) is 6.42 Å². The lowest BCUT2D eigenvalue weighted by Crippen LogP contribution is -2.43. The van der Waals surface area contributed by atoms with E-state index in [-0.39, 0.29) is 0 Å². The van der Waals surface area contributed by atoms with Crippen LogP contribution in [0.15, 0.2) is 27.5 Å². The fourth-order valence-electron chi connectivity index (χ4n) is 3.20. The zero-order valence-electron chi connectivity index (χ0n) is 14.5. The summed E-state index contributed by atoms with van der Waals surface area (Å²) in [5, 5.41) is 3.94. The molecule has 0 radical (unpaired) electrons. The first-order valence-corrected chi connectivity index (χ1v) is 8.56. The molecule has 0 saturated carbocycles. The third kappa shape index (κ3) is 3.68. The second-order valence-corrected chi connectivity index (χ2v) is 6.44. The molecular weight excluding hydrogens is 290 g/mol. The van der Waals surface area contributed by atoms with Gasteiger partial charge in [0.25, 0.3) is 0 Å². The van der Waals surface area contributed by atoms with Gasteiger partial charge in [-0.2, -0.15) is 0 Å². The van der Waals surface area contributed by atoms with E-state index in [1.807, 2.05) is 13.0 Å². The van der Waals surface area contributed by atoms with Gasteiger partial charge in [-0.25, -0.2) is 4.99 Å². The normalized spacial score (nSPS) is 17.4. The highest BCUT2D eigenvalue weighted by atomic mass is 16.5. The zero-order chi connectivity index (χ0) is 16.2. The number of hydrogen-bond donors (Lipinski definition) is 0. The van der Waals surface area contributed by atoms with E-state index in [0.29, 0.717) is 0 Å². The van der Waals surface area contributed by atoms with Crippen LogP contribution in [0.4, 0.5) is 0 Å². The molecule has 0 fully saturated rings. The van der Waals surface area contributed by atoms with Crippen LogP contribution in [-0.4, -0.2) is 59.2 Å². The lowest BCUT2D eigenvalue weighted by molar-refractivity contribution is 0.246. The SMILES string of the molecule is CCCN1CN=C2C1=CN(CCCCc1cc(C)no1)CN2C. The summed E-state index contributed by atoms with van der Waals surface area (Å²) in [6.45, 7) is 8.04. The number of aromatic nitrogens is 1. The van der Waals surface area contributed by atoms with Crippen LogP contribution in [0.25, 0.3) is 0 Å². The summed E-state index contributed by atoms with van der Waals surface area (Å²) in [7, 11) is 2.13. The van der Waals surface area contributed by atoms with Crippen molar-refractivity contribution in [2.75, 3.05) is 33.5 Å². The first kappa shape index (κ1) is 15.9. The lowest BCUT2D eigenvalue weighted by atomic mass is 10.2. The number of nitrogens with zero attached hydrogens (tertiary/aromatic N) is 5. The van der Waals surface area contributed by atoms with Crippen LogP contribution in [0.2, 0.25) is 0 Å². The topological polar surface area (TPSA) is 48.1 Å². The molecule has 6 nitrogen and oxygen atoms in total. The highest BCUT2D eigenvalue weighted by Gasteiger charge is 2.28. The third-order valence-electron chi connectivity index (χ3n) is 4.31. The predicted molar refractivity (Wildman–Crippen MR) is 90.9 cm³/mol. The Balaban J connectivity index is 1.51. The molecule has 0 bridgehead atoms. The Morgan fingerprint density at radius 2 is 2.13 bits per heavy atom. The van der Waals surface area contributed by atoms with Gasteiger partial charge in [0.05, 0.1) is 18.1 Å². The third-order valence-corrected chi connectivity index (χ3v) is 4.31. The number of rotatable bonds is 7. The molecule has 0 saturated heterocycles. The van der Waals surface area contributed by atoms with Crippen molar-refractivity contribution in [1.29, 1.82) is 0 Å². The second kappa shape index (κ2) is 7.06. The van der Waals surface area contributed by atoms with Gasteiger partial charge < -0.3 is 19.2 Å². The van der Waals surface area contributed by atoms with E-state index >= 15 is 0 Å². The predicted octanol–water partition coefficient (Wildman–Crippen LogP) is 2.43. The van der Waals surface area contributed by atoms with Crippen molar-refractivity contribution in [3.63, 3.8) is 0 Å². The van der Waals surface area contributed by atoms with Gasteiger partial charge in [-0.3, -0.25) is 0 Å². The molecule has 3 rings (SSSR count). The number of likely N-dealkylation sites (N-methyl/N-ethyl adjacent to an activating group) is 1. The van der Waals surface area contributed by atoms with E-state index in [9.17, 15) is 0 Å². The Morgan fingerprint density at radius 1 is 1.26 bits per heavy atom. The largest absolute Gasteiger partial charge is 0.361 e. The van der Waals surface area contributed by atoms with E-state index in [0.717, 1.165) is 69.4 Å². The van der Waals surface area contributed by atoms with E-state index in [1.165, 1.54) is 5.70 Å². The molecule has 2 aliphatic heterocycles. The molecule has 1 aromatic heterocycles. The standard InChI is InChI=1S/C17H27N5O/c1-4-8-22-12-18-17-16(22)11-21(13-20(17)3)9-6-5-7-15-10-14(2)19-23-15/h10-11H,4-9,12-13H2,1-3H3. The molecule has 126 valence electrons. The fraction of sp³-hybridized carbons (Fsp3) is 0.647. The summed E-state index contributed by atoms with van der Waals surface area (Å²) in [6.07, 6.45) is 6.69. The molecule has 0 atom stereocenters. The van der Waals surface area contributed by atoms with E-state index in [1.54, 1.807) is 0 Å². The van der Waals surface area contributed by atoms with Gasteiger partial charge in [0.1, 0.15) is 12.4 Å². The summed E-state index contributed by atoms with van der Waals surface area (Å²) in [6, 6.07) is 2.03. The summed E-state index contributed by atoms with van der Waals surface area (Å²) < 4.78 is 5.26. The number of aliphatic imine (C=N–C) groups is 1. The lowest BCUT2D eigenvalue weighted by Gasteiger charge is -2.35. The molecule has 3 heterocycles. The molecule has 6 heteroatoms. The van der Waals surface area contributed by atoms with Crippen molar-refractivity contribution in [3.8, 4) is 0 Å². The number of amidine groups is 1. The summed E-state index contributed by atoms with van der Waals surface area (Å²) >= 11 is 0. The monoisotopic (exact) mass is 317 g/mol. The summed E-state index contributed by atoms with van der Waals surface area (Å²) in [5.74, 6) is 2.14. The molecular formula is C17H27N5O. The Labute approximate surface area is 138 Å². The molecule has 0 aliphatic carbocycles. The minimum atomic E-state index is 0.804. The highest BCUT2D eigenvalue weighted by Crippen LogP contribution is 2.22. The number of unbranched alkanes of at least 4 members (excludes halogenated alkanes) is 1. The average Bonchev–Trinajstić information content (AvgIpc) is 3.11. The molecule has 0 unspecified atom stereocenters. The average molecular weight is 317 g/mol. The Kier molecular flexibility index (Phi) is 4.88. The maximum absolute atomic E-state index is 5.26. The van der Waals surface area contributed by atoms with Crippen LogP contribution in [0.3, 0.4) is 0 Å². The van der Waals surface area contributed by atoms with Crippen molar-refractivity contribution >= 4 is 5.84 Å². The first-order valence-electron chi connectivity index (χ1n) is 8.56. The Hall–Kier alpha value is -1.98. The minimum Gasteiger partial charge on any atom is -0.361 e. The zero-order valence-corrected chi connectivity index (χ0v) is 14.5. The van der Waals surface area contributed by atoms with Gasteiger partial charge in [-0.05, 0) is 26.2 Å². The Bertz CT molecular complexity index is 592. The maximum Gasteiger partial charge on any atom is 0.152 e. The van der Waals surface area contributed by atoms with Gasteiger partial charge in [0, 0.05) is 38.8 Å². The quantitative estimate of drug-likeness (QED) is 0.723. The van der Waals surface area contributed by atoms with E-state index in [4.69, 9.17) is 4.52 Å².